The van der Waals surface area contributed by atoms with Crippen LogP contribution in [0.4, 0.5) is 14.5 Å². The molecule has 9 heteroatoms. The molecule has 2 rings (SSSR count). The Bertz CT molecular complexity index is 643. The van der Waals surface area contributed by atoms with Crippen LogP contribution in [0, 0.1) is 11.6 Å². The average Bonchev–Trinajstić information content (AvgIpc) is 2.87. The lowest BCUT2D eigenvalue weighted by Crippen LogP contribution is -2.34. The first-order chi connectivity index (χ1) is 9.31. The Balaban J connectivity index is 2.37. The fourth-order valence-corrected chi connectivity index (χ4v) is 3.28. The van der Waals surface area contributed by atoms with Crippen molar-refractivity contribution in [3.63, 3.8) is 0 Å². The molecule has 0 atom stereocenters. The molecule has 0 bridgehead atoms. The van der Waals surface area contributed by atoms with Crippen molar-refractivity contribution < 1.29 is 22.0 Å². The number of benzene rings is 1. The minimum Gasteiger partial charge on any atom is -0.366 e. The van der Waals surface area contributed by atoms with Crippen molar-refractivity contribution in [1.82, 2.24) is 4.31 Å². The number of hydrogen-bond donors (Lipinski definition) is 2. The molecule has 1 aromatic rings. The van der Waals surface area contributed by atoms with Crippen LogP contribution in [0.5, 0.6) is 0 Å². The predicted molar refractivity (Wildman–Crippen MR) is 68.2 cm³/mol. The third-order valence-electron chi connectivity index (χ3n) is 2.97. The molecule has 0 spiro atoms. The topological polar surface area (TPSA) is 92.5 Å². The van der Waals surface area contributed by atoms with Gasteiger partial charge in [0.2, 0.25) is 0 Å². The maximum Gasteiger partial charge on any atom is 0.301 e. The number of halogens is 2. The van der Waals surface area contributed by atoms with Crippen LogP contribution in [0.25, 0.3) is 0 Å². The van der Waals surface area contributed by atoms with E-state index in [1.165, 1.54) is 4.31 Å². The molecule has 0 aromatic heterocycles. The molecule has 1 saturated heterocycles. The molecule has 1 aliphatic rings. The third-order valence-corrected chi connectivity index (χ3v) is 4.49. The molecular formula is C11H13F2N3O3S. The maximum atomic E-state index is 13.2. The van der Waals surface area contributed by atoms with Gasteiger partial charge in [0.15, 0.2) is 11.6 Å². The van der Waals surface area contributed by atoms with Crippen LogP contribution in [0.2, 0.25) is 0 Å². The van der Waals surface area contributed by atoms with Crippen LogP contribution in [-0.2, 0) is 10.2 Å². The predicted octanol–water partition coefficient (Wildman–Crippen LogP) is 0.816. The van der Waals surface area contributed by atoms with Gasteiger partial charge in [-0.25, -0.2) is 8.78 Å². The number of nitrogens with two attached hydrogens (primary N) is 1. The number of amides is 1. The van der Waals surface area contributed by atoms with Gasteiger partial charge >= 0.3 is 10.2 Å². The van der Waals surface area contributed by atoms with Gasteiger partial charge in [0.05, 0.1) is 11.3 Å². The van der Waals surface area contributed by atoms with E-state index < -0.39 is 33.3 Å². The molecule has 6 nitrogen and oxygen atoms in total. The average molecular weight is 305 g/mol. The SMILES string of the molecule is NC(=O)c1cc(F)c(F)cc1NS(=O)(=O)N1CCCC1. The lowest BCUT2D eigenvalue weighted by atomic mass is 10.1. The highest BCUT2D eigenvalue weighted by atomic mass is 32.2. The van der Waals surface area contributed by atoms with E-state index in [9.17, 15) is 22.0 Å². The van der Waals surface area contributed by atoms with E-state index in [1.54, 1.807) is 0 Å². The Morgan fingerprint density at radius 2 is 1.75 bits per heavy atom. The smallest absolute Gasteiger partial charge is 0.301 e. The first-order valence-corrected chi connectivity index (χ1v) is 7.32. The normalized spacial score (nSPS) is 16.3. The number of nitrogens with zero attached hydrogens (tertiary/aromatic N) is 1. The quantitative estimate of drug-likeness (QED) is 0.862. The van der Waals surface area contributed by atoms with Crippen LogP contribution in [0.1, 0.15) is 23.2 Å². The van der Waals surface area contributed by atoms with Gasteiger partial charge in [0, 0.05) is 19.2 Å². The third kappa shape index (κ3) is 2.88. The van der Waals surface area contributed by atoms with Crippen LogP contribution < -0.4 is 10.5 Å². The standard InChI is InChI=1S/C11H13F2N3O3S/c12-8-5-7(11(14)17)10(6-9(8)13)15-20(18,19)16-3-1-2-4-16/h5-6,15H,1-4H2,(H2,14,17). The van der Waals surface area contributed by atoms with Crippen molar-refractivity contribution in [1.29, 1.82) is 0 Å². The summed E-state index contributed by atoms with van der Waals surface area (Å²) in [5, 5.41) is 0. The van der Waals surface area contributed by atoms with E-state index in [1.807, 2.05) is 0 Å². The molecule has 110 valence electrons. The first kappa shape index (κ1) is 14.7. The summed E-state index contributed by atoms with van der Waals surface area (Å²) >= 11 is 0. The number of nitrogens with one attached hydrogen (secondary N) is 1. The van der Waals surface area contributed by atoms with Gasteiger partial charge in [0.25, 0.3) is 5.91 Å². The van der Waals surface area contributed by atoms with Crippen molar-refractivity contribution in [3.05, 3.63) is 29.3 Å². The first-order valence-electron chi connectivity index (χ1n) is 5.88. The molecule has 20 heavy (non-hydrogen) atoms. The number of primary amides is 1. The summed E-state index contributed by atoms with van der Waals surface area (Å²) < 4.78 is 53.6. The van der Waals surface area contributed by atoms with Gasteiger partial charge in [-0.1, -0.05) is 0 Å². The summed E-state index contributed by atoms with van der Waals surface area (Å²) in [6.07, 6.45) is 1.45. The molecule has 0 aliphatic carbocycles. The molecule has 0 saturated carbocycles. The van der Waals surface area contributed by atoms with Gasteiger partial charge < -0.3 is 5.73 Å². The fourth-order valence-electron chi connectivity index (χ4n) is 1.97. The Morgan fingerprint density at radius 3 is 2.30 bits per heavy atom. The van der Waals surface area contributed by atoms with Gasteiger partial charge in [-0.05, 0) is 18.9 Å². The molecule has 3 N–H and O–H groups in total. The molecule has 1 aliphatic heterocycles. The van der Waals surface area contributed by atoms with Crippen molar-refractivity contribution in [2.45, 2.75) is 12.8 Å². The van der Waals surface area contributed by atoms with Crippen LogP contribution in [0.3, 0.4) is 0 Å². The Labute approximate surface area is 114 Å². The number of carbonyl (C=O) groups excluding carboxylic acids is 1. The molecule has 1 aromatic carbocycles. The lowest BCUT2D eigenvalue weighted by molar-refractivity contribution is 0.100. The molecular weight excluding hydrogens is 292 g/mol. The minimum atomic E-state index is -3.91. The highest BCUT2D eigenvalue weighted by molar-refractivity contribution is 7.90. The van der Waals surface area contributed by atoms with Crippen molar-refractivity contribution in [3.8, 4) is 0 Å². The summed E-state index contributed by atoms with van der Waals surface area (Å²) in [6, 6.07) is 1.17. The van der Waals surface area contributed by atoms with E-state index in [4.69, 9.17) is 5.73 Å². The monoisotopic (exact) mass is 305 g/mol. The Morgan fingerprint density at radius 1 is 1.20 bits per heavy atom. The zero-order valence-corrected chi connectivity index (χ0v) is 11.2. The summed E-state index contributed by atoms with van der Waals surface area (Å²) in [5.74, 6) is -3.60. The van der Waals surface area contributed by atoms with E-state index in [-0.39, 0.29) is 5.69 Å². The summed E-state index contributed by atoms with van der Waals surface area (Å²) in [5.41, 5.74) is 4.23. The lowest BCUT2D eigenvalue weighted by Gasteiger charge is -2.18. The summed E-state index contributed by atoms with van der Waals surface area (Å²) in [4.78, 5) is 11.2. The molecule has 1 heterocycles. The van der Waals surface area contributed by atoms with Gasteiger partial charge in [-0.2, -0.15) is 12.7 Å². The molecule has 1 amide bonds. The molecule has 0 radical (unpaired) electrons. The second kappa shape index (κ2) is 5.33. The highest BCUT2D eigenvalue weighted by Gasteiger charge is 2.27. The Hall–Kier alpha value is -1.74. The minimum absolute atomic E-state index is 0.338. The fraction of sp³-hybridized carbons (Fsp3) is 0.364. The zero-order chi connectivity index (χ0) is 14.9. The number of anilines is 1. The number of rotatable bonds is 4. The van der Waals surface area contributed by atoms with E-state index >= 15 is 0 Å². The second-order valence-corrected chi connectivity index (χ2v) is 6.06. The highest BCUT2D eigenvalue weighted by Crippen LogP contribution is 2.23. The Kier molecular flexibility index (Phi) is 3.91. The van der Waals surface area contributed by atoms with Gasteiger partial charge in [-0.3, -0.25) is 9.52 Å². The largest absolute Gasteiger partial charge is 0.366 e. The van der Waals surface area contributed by atoms with Crippen molar-refractivity contribution >= 4 is 21.8 Å². The summed E-state index contributed by atoms with van der Waals surface area (Å²) in [6.45, 7) is 0.676. The van der Waals surface area contributed by atoms with Gasteiger partial charge in [-0.15, -0.1) is 0 Å². The number of carbonyl (C=O) groups is 1. The van der Waals surface area contributed by atoms with Gasteiger partial charge in [0.1, 0.15) is 0 Å². The second-order valence-electron chi connectivity index (χ2n) is 4.39. The molecule has 0 unspecified atom stereocenters. The summed E-state index contributed by atoms with van der Waals surface area (Å²) in [7, 11) is -3.91. The maximum absolute atomic E-state index is 13.2. The van der Waals surface area contributed by atoms with E-state index in [2.05, 4.69) is 4.72 Å². The van der Waals surface area contributed by atoms with E-state index in [0.29, 0.717) is 25.2 Å². The van der Waals surface area contributed by atoms with Crippen molar-refractivity contribution in [2.24, 2.45) is 5.73 Å². The number of hydrogen-bond acceptors (Lipinski definition) is 3. The zero-order valence-electron chi connectivity index (χ0n) is 10.4. The van der Waals surface area contributed by atoms with Crippen LogP contribution >= 0.6 is 0 Å². The van der Waals surface area contributed by atoms with E-state index in [0.717, 1.165) is 12.8 Å². The molecule has 1 fully saturated rings. The van der Waals surface area contributed by atoms with Crippen LogP contribution in [0.15, 0.2) is 12.1 Å². The van der Waals surface area contributed by atoms with Crippen molar-refractivity contribution in [2.75, 3.05) is 17.8 Å². The van der Waals surface area contributed by atoms with Crippen LogP contribution in [-0.4, -0.2) is 31.7 Å².